The zero-order chi connectivity index (χ0) is 13.8. The SMILES string of the molecule is C=CCCCC.c1ccc([SiH2]c2ccccc2)cc1. The van der Waals surface area contributed by atoms with Gasteiger partial charge in [-0.15, -0.1) is 6.58 Å². The van der Waals surface area contributed by atoms with Gasteiger partial charge in [-0.2, -0.15) is 0 Å². The molecule has 0 unspecified atom stereocenters. The van der Waals surface area contributed by atoms with E-state index in [1.807, 2.05) is 6.08 Å². The summed E-state index contributed by atoms with van der Waals surface area (Å²) in [6.45, 7) is 5.78. The molecule has 0 spiro atoms. The average Bonchev–Trinajstić information content (AvgIpc) is 2.48. The molecule has 100 valence electrons. The van der Waals surface area contributed by atoms with Gasteiger partial charge in [0.15, 0.2) is 0 Å². The lowest BCUT2D eigenvalue weighted by molar-refractivity contribution is 0.816. The Hall–Kier alpha value is -1.60. The van der Waals surface area contributed by atoms with Crippen LogP contribution in [0.1, 0.15) is 26.2 Å². The molecule has 2 aromatic rings. The van der Waals surface area contributed by atoms with Crippen LogP contribution in [0, 0.1) is 0 Å². The third-order valence-corrected chi connectivity index (χ3v) is 4.62. The maximum Gasteiger partial charge on any atom is 0.0875 e. The van der Waals surface area contributed by atoms with Gasteiger partial charge in [-0.1, -0.05) is 96.9 Å². The summed E-state index contributed by atoms with van der Waals surface area (Å²) in [7, 11) is -0.234. The van der Waals surface area contributed by atoms with E-state index in [0.717, 1.165) is 0 Å². The molecule has 0 bridgehead atoms. The van der Waals surface area contributed by atoms with Gasteiger partial charge in [-0.25, -0.2) is 0 Å². The Morgan fingerprint density at radius 1 is 0.895 bits per heavy atom. The number of unbranched alkanes of at least 4 members (excludes halogenated alkanes) is 2. The van der Waals surface area contributed by atoms with Crippen LogP contribution >= 0.6 is 0 Å². The topological polar surface area (TPSA) is 0 Å². The van der Waals surface area contributed by atoms with Crippen molar-refractivity contribution in [2.75, 3.05) is 0 Å². The molecule has 0 radical (unpaired) electrons. The summed E-state index contributed by atoms with van der Waals surface area (Å²) in [4.78, 5) is 0. The standard InChI is InChI=1S/C12H12Si.C6H12/c1-3-7-11(8-4-1)13-12-9-5-2-6-10-12;1-3-5-6-4-2/h1-10H,13H2;3H,1,4-6H2,2H3. The van der Waals surface area contributed by atoms with Crippen molar-refractivity contribution in [1.29, 1.82) is 0 Å². The van der Waals surface area contributed by atoms with Gasteiger partial charge >= 0.3 is 0 Å². The minimum Gasteiger partial charge on any atom is -0.103 e. The van der Waals surface area contributed by atoms with E-state index in [1.54, 1.807) is 0 Å². The molecule has 0 aliphatic carbocycles. The predicted octanol–water partition coefficient (Wildman–Crippen LogP) is 3.17. The molecule has 2 rings (SSSR count). The summed E-state index contributed by atoms with van der Waals surface area (Å²) >= 11 is 0. The fraction of sp³-hybridized carbons (Fsp3) is 0.222. The fourth-order valence-corrected chi connectivity index (χ4v) is 3.26. The van der Waals surface area contributed by atoms with Crippen molar-refractivity contribution < 1.29 is 0 Å². The van der Waals surface area contributed by atoms with Crippen LogP contribution in [-0.4, -0.2) is 9.52 Å². The average molecular weight is 268 g/mol. The van der Waals surface area contributed by atoms with Crippen molar-refractivity contribution >= 4 is 19.9 Å². The van der Waals surface area contributed by atoms with Crippen molar-refractivity contribution in [2.45, 2.75) is 26.2 Å². The first-order valence-corrected chi connectivity index (χ1v) is 8.47. The van der Waals surface area contributed by atoms with Crippen molar-refractivity contribution in [3.05, 3.63) is 73.3 Å². The molecule has 0 aromatic heterocycles. The number of allylic oxidation sites excluding steroid dienone is 1. The van der Waals surface area contributed by atoms with Crippen LogP contribution < -0.4 is 10.4 Å². The quantitative estimate of drug-likeness (QED) is 0.444. The summed E-state index contributed by atoms with van der Waals surface area (Å²) in [5, 5.41) is 3.02. The van der Waals surface area contributed by atoms with Gasteiger partial charge in [0.25, 0.3) is 0 Å². The number of hydrogen-bond acceptors (Lipinski definition) is 0. The zero-order valence-corrected chi connectivity index (χ0v) is 13.3. The largest absolute Gasteiger partial charge is 0.103 e. The molecule has 0 aliphatic rings. The van der Waals surface area contributed by atoms with Crippen LogP contribution in [0.3, 0.4) is 0 Å². The molecular weight excluding hydrogens is 244 g/mol. The second-order valence-corrected chi connectivity index (χ2v) is 6.57. The van der Waals surface area contributed by atoms with E-state index < -0.39 is 0 Å². The first-order chi connectivity index (χ1) is 9.36. The zero-order valence-electron chi connectivity index (χ0n) is 11.9. The van der Waals surface area contributed by atoms with Crippen molar-refractivity contribution in [2.24, 2.45) is 0 Å². The third-order valence-electron chi connectivity index (χ3n) is 2.86. The number of hydrogen-bond donors (Lipinski definition) is 0. The molecule has 0 heterocycles. The van der Waals surface area contributed by atoms with Crippen molar-refractivity contribution in [1.82, 2.24) is 0 Å². The van der Waals surface area contributed by atoms with Gasteiger partial charge in [0, 0.05) is 0 Å². The monoisotopic (exact) mass is 268 g/mol. The predicted molar refractivity (Wildman–Crippen MR) is 90.4 cm³/mol. The van der Waals surface area contributed by atoms with Crippen LogP contribution in [0.15, 0.2) is 73.3 Å². The molecule has 0 aliphatic heterocycles. The molecule has 0 saturated heterocycles. The van der Waals surface area contributed by atoms with Gasteiger partial charge in [-0.3, -0.25) is 0 Å². The minimum absolute atomic E-state index is 0.234. The first kappa shape index (κ1) is 15.5. The summed E-state index contributed by atoms with van der Waals surface area (Å²) in [5.74, 6) is 0. The summed E-state index contributed by atoms with van der Waals surface area (Å²) in [5.41, 5.74) is 0. The normalized spacial score (nSPS) is 9.32. The molecule has 1 heteroatoms. The highest BCUT2D eigenvalue weighted by atomic mass is 28.2. The Balaban J connectivity index is 0.000000258. The van der Waals surface area contributed by atoms with Crippen molar-refractivity contribution in [3.8, 4) is 0 Å². The van der Waals surface area contributed by atoms with E-state index in [-0.39, 0.29) is 9.52 Å². The smallest absolute Gasteiger partial charge is 0.0875 e. The fourth-order valence-electron chi connectivity index (χ4n) is 1.78. The van der Waals surface area contributed by atoms with E-state index in [9.17, 15) is 0 Å². The maximum atomic E-state index is 3.60. The second kappa shape index (κ2) is 10.3. The van der Waals surface area contributed by atoms with Crippen LogP contribution in [0.4, 0.5) is 0 Å². The Kier molecular flexibility index (Phi) is 8.40. The van der Waals surface area contributed by atoms with Gasteiger partial charge in [-0.05, 0) is 6.42 Å². The lowest BCUT2D eigenvalue weighted by Gasteiger charge is -1.99. The minimum atomic E-state index is -0.234. The molecule has 0 fully saturated rings. The van der Waals surface area contributed by atoms with Gasteiger partial charge in [0.2, 0.25) is 0 Å². The molecule has 19 heavy (non-hydrogen) atoms. The highest BCUT2D eigenvalue weighted by Crippen LogP contribution is 1.91. The molecule has 0 nitrogen and oxygen atoms in total. The van der Waals surface area contributed by atoms with Crippen LogP contribution in [-0.2, 0) is 0 Å². The maximum absolute atomic E-state index is 3.60. The van der Waals surface area contributed by atoms with Crippen LogP contribution in [0.2, 0.25) is 0 Å². The Morgan fingerprint density at radius 3 is 1.68 bits per heavy atom. The molecule has 0 N–H and O–H groups in total. The first-order valence-electron chi connectivity index (χ1n) is 7.05. The summed E-state index contributed by atoms with van der Waals surface area (Å²) in [6.07, 6.45) is 5.72. The van der Waals surface area contributed by atoms with E-state index in [4.69, 9.17) is 0 Å². The highest BCUT2D eigenvalue weighted by molar-refractivity contribution is 6.67. The Bertz CT molecular complexity index is 396. The van der Waals surface area contributed by atoms with E-state index in [2.05, 4.69) is 74.2 Å². The van der Waals surface area contributed by atoms with E-state index in [0.29, 0.717) is 0 Å². The molecule has 0 amide bonds. The van der Waals surface area contributed by atoms with Crippen molar-refractivity contribution in [3.63, 3.8) is 0 Å². The van der Waals surface area contributed by atoms with Gasteiger partial charge in [0.1, 0.15) is 0 Å². The van der Waals surface area contributed by atoms with E-state index in [1.165, 1.54) is 29.6 Å². The van der Waals surface area contributed by atoms with E-state index >= 15 is 0 Å². The summed E-state index contributed by atoms with van der Waals surface area (Å²) < 4.78 is 0. The molecule has 0 saturated carbocycles. The lowest BCUT2D eigenvalue weighted by Crippen LogP contribution is -2.26. The molecule has 0 atom stereocenters. The Morgan fingerprint density at radius 2 is 1.37 bits per heavy atom. The molecular formula is C18H24Si. The summed E-state index contributed by atoms with van der Waals surface area (Å²) in [6, 6.07) is 21.5. The highest BCUT2D eigenvalue weighted by Gasteiger charge is 1.93. The molecule has 2 aromatic carbocycles. The van der Waals surface area contributed by atoms with Crippen LogP contribution in [0.5, 0.6) is 0 Å². The van der Waals surface area contributed by atoms with Crippen LogP contribution in [0.25, 0.3) is 0 Å². The second-order valence-electron chi connectivity index (χ2n) is 4.58. The number of rotatable bonds is 5. The number of benzene rings is 2. The third kappa shape index (κ3) is 7.42. The van der Waals surface area contributed by atoms with Gasteiger partial charge < -0.3 is 0 Å². The van der Waals surface area contributed by atoms with Gasteiger partial charge in [0.05, 0.1) is 9.52 Å². The lowest BCUT2D eigenvalue weighted by atomic mass is 10.3. The Labute approximate surface area is 120 Å².